The monoisotopic (exact) mass is 424 g/mol. The number of carboxylic acids is 2. The zero-order chi connectivity index (χ0) is 22.3. The number of rotatable bonds is 3. The average molecular weight is 424 g/mol. The van der Waals surface area contributed by atoms with Gasteiger partial charge in [0.15, 0.2) is 0 Å². The molecule has 0 saturated heterocycles. The quantitative estimate of drug-likeness (QED) is 0.684. The van der Waals surface area contributed by atoms with Crippen LogP contribution < -0.4 is 0 Å². The summed E-state index contributed by atoms with van der Waals surface area (Å²) in [4.78, 5) is 22.4. The summed E-state index contributed by atoms with van der Waals surface area (Å²) in [6.45, 7) is 0. The van der Waals surface area contributed by atoms with Gasteiger partial charge >= 0.3 is 11.9 Å². The standard InChI is InChI=1S/C28H24O4/c29-26(30)24-10-7-19(14-25(24)27(31)32)4-2-1-3-18-5-8-23(9-6-18)28-15-20-11-21(16-28)13-22(12-20)17-28/h5-10,14,20-22H,11-13,15-17H2,(H,29,30)(H,31,32). The van der Waals surface area contributed by atoms with Crippen molar-refractivity contribution in [2.45, 2.75) is 43.9 Å². The molecule has 160 valence electrons. The molecule has 2 aromatic carbocycles. The second-order valence-corrected chi connectivity index (χ2v) is 9.65. The van der Waals surface area contributed by atoms with Crippen molar-refractivity contribution in [1.29, 1.82) is 0 Å². The Kier molecular flexibility index (Phi) is 5.03. The minimum atomic E-state index is -1.30. The van der Waals surface area contributed by atoms with Gasteiger partial charge in [0.25, 0.3) is 0 Å². The molecule has 4 aliphatic carbocycles. The maximum atomic E-state index is 11.3. The minimum absolute atomic E-state index is 0.256. The van der Waals surface area contributed by atoms with E-state index in [0.29, 0.717) is 11.0 Å². The van der Waals surface area contributed by atoms with Crippen LogP contribution in [0.15, 0.2) is 42.5 Å². The Bertz CT molecular complexity index is 1180. The van der Waals surface area contributed by atoms with Crippen molar-refractivity contribution >= 4 is 11.9 Å². The molecule has 6 rings (SSSR count). The fourth-order valence-electron chi connectivity index (χ4n) is 6.56. The molecule has 0 aliphatic heterocycles. The summed E-state index contributed by atoms with van der Waals surface area (Å²) in [5.74, 6) is 11.6. The number of carbonyl (C=O) groups is 2. The van der Waals surface area contributed by atoms with Gasteiger partial charge in [-0.3, -0.25) is 0 Å². The van der Waals surface area contributed by atoms with Gasteiger partial charge < -0.3 is 10.2 Å². The fourth-order valence-corrected chi connectivity index (χ4v) is 6.56. The third kappa shape index (κ3) is 3.78. The van der Waals surface area contributed by atoms with E-state index in [2.05, 4.69) is 47.9 Å². The van der Waals surface area contributed by atoms with Crippen molar-refractivity contribution in [2.75, 3.05) is 0 Å². The van der Waals surface area contributed by atoms with Crippen LogP contribution in [0.2, 0.25) is 0 Å². The molecule has 2 aromatic rings. The second-order valence-electron chi connectivity index (χ2n) is 9.65. The van der Waals surface area contributed by atoms with Crippen molar-refractivity contribution in [3.63, 3.8) is 0 Å². The molecule has 32 heavy (non-hydrogen) atoms. The van der Waals surface area contributed by atoms with E-state index in [-0.39, 0.29) is 11.1 Å². The number of benzene rings is 2. The van der Waals surface area contributed by atoms with Gasteiger partial charge in [0.05, 0.1) is 11.1 Å². The van der Waals surface area contributed by atoms with Gasteiger partial charge in [-0.15, -0.1) is 0 Å². The predicted molar refractivity (Wildman–Crippen MR) is 120 cm³/mol. The summed E-state index contributed by atoms with van der Waals surface area (Å²) in [5, 5.41) is 18.3. The number of hydrogen-bond donors (Lipinski definition) is 2. The lowest BCUT2D eigenvalue weighted by Crippen LogP contribution is -2.48. The van der Waals surface area contributed by atoms with Crippen LogP contribution in [0.1, 0.15) is 75.9 Å². The normalized spacial score (nSPS) is 27.1. The molecular formula is C28H24O4. The van der Waals surface area contributed by atoms with E-state index in [1.165, 1.54) is 62.3 Å². The lowest BCUT2D eigenvalue weighted by Gasteiger charge is -2.57. The van der Waals surface area contributed by atoms with Gasteiger partial charge in [-0.1, -0.05) is 24.0 Å². The first-order valence-corrected chi connectivity index (χ1v) is 11.1. The molecule has 4 bridgehead atoms. The van der Waals surface area contributed by atoms with Gasteiger partial charge in [0.2, 0.25) is 0 Å². The molecule has 4 heteroatoms. The Hall–Kier alpha value is -3.50. The summed E-state index contributed by atoms with van der Waals surface area (Å²) < 4.78 is 0. The van der Waals surface area contributed by atoms with Gasteiger partial charge in [0, 0.05) is 11.1 Å². The van der Waals surface area contributed by atoms with Crippen molar-refractivity contribution in [2.24, 2.45) is 17.8 Å². The lowest BCUT2D eigenvalue weighted by molar-refractivity contribution is -0.00519. The van der Waals surface area contributed by atoms with Crippen LogP contribution in [0.4, 0.5) is 0 Å². The molecule has 4 nitrogen and oxygen atoms in total. The Balaban J connectivity index is 1.31. The molecule has 0 atom stereocenters. The highest BCUT2D eigenvalue weighted by Gasteiger charge is 2.51. The summed E-state index contributed by atoms with van der Waals surface area (Å²) in [6, 6.07) is 12.7. The topological polar surface area (TPSA) is 74.6 Å². The molecule has 0 spiro atoms. The highest BCUT2D eigenvalue weighted by atomic mass is 16.4. The first-order valence-electron chi connectivity index (χ1n) is 11.1. The molecule has 0 amide bonds. The molecule has 0 radical (unpaired) electrons. The maximum absolute atomic E-state index is 11.3. The predicted octanol–water partition coefficient (Wildman–Crippen LogP) is 4.95. The van der Waals surface area contributed by atoms with Crippen LogP contribution in [0.25, 0.3) is 0 Å². The van der Waals surface area contributed by atoms with E-state index in [1.807, 2.05) is 0 Å². The van der Waals surface area contributed by atoms with Gasteiger partial charge in [-0.05, 0) is 109 Å². The smallest absolute Gasteiger partial charge is 0.336 e. The lowest BCUT2D eigenvalue weighted by atomic mass is 9.48. The number of aromatic carboxylic acids is 2. The molecule has 4 fully saturated rings. The van der Waals surface area contributed by atoms with Crippen LogP contribution in [-0.2, 0) is 5.41 Å². The SMILES string of the molecule is O=C(O)c1ccc(C#CC#Cc2ccc(C34CC5CC(CC(C5)C3)C4)cc2)cc1C(=O)O. The van der Waals surface area contributed by atoms with Crippen LogP contribution >= 0.6 is 0 Å². The number of hydrogen-bond acceptors (Lipinski definition) is 2. The molecule has 4 saturated carbocycles. The fraction of sp³-hybridized carbons (Fsp3) is 0.357. The average Bonchev–Trinajstić information content (AvgIpc) is 2.76. The second kappa shape index (κ2) is 7.88. The van der Waals surface area contributed by atoms with Crippen molar-refractivity contribution in [3.05, 3.63) is 70.3 Å². The zero-order valence-corrected chi connectivity index (χ0v) is 17.7. The third-order valence-electron chi connectivity index (χ3n) is 7.49. The number of carboxylic acid groups (broad SMARTS) is 2. The summed E-state index contributed by atoms with van der Waals surface area (Å²) in [7, 11) is 0. The van der Waals surface area contributed by atoms with Crippen molar-refractivity contribution < 1.29 is 19.8 Å². The summed E-state index contributed by atoms with van der Waals surface area (Å²) in [5.41, 5.74) is 2.63. The van der Waals surface area contributed by atoms with E-state index in [1.54, 1.807) is 0 Å². The van der Waals surface area contributed by atoms with E-state index in [4.69, 9.17) is 5.11 Å². The molecule has 4 aliphatic rings. The van der Waals surface area contributed by atoms with E-state index in [9.17, 15) is 14.7 Å². The van der Waals surface area contributed by atoms with Crippen molar-refractivity contribution in [3.8, 4) is 23.7 Å². The Morgan fingerprint density at radius 3 is 1.75 bits per heavy atom. The van der Waals surface area contributed by atoms with Crippen LogP contribution in [0.3, 0.4) is 0 Å². The molecule has 2 N–H and O–H groups in total. The van der Waals surface area contributed by atoms with Crippen LogP contribution in [0, 0.1) is 41.4 Å². The molecule has 0 heterocycles. The van der Waals surface area contributed by atoms with E-state index in [0.717, 1.165) is 23.3 Å². The molecule has 0 unspecified atom stereocenters. The zero-order valence-electron chi connectivity index (χ0n) is 17.7. The van der Waals surface area contributed by atoms with E-state index < -0.39 is 11.9 Å². The van der Waals surface area contributed by atoms with Gasteiger partial charge in [-0.2, -0.15) is 0 Å². The molecular weight excluding hydrogens is 400 g/mol. The molecule has 0 aromatic heterocycles. The minimum Gasteiger partial charge on any atom is -0.478 e. The van der Waals surface area contributed by atoms with Crippen LogP contribution in [0.5, 0.6) is 0 Å². The van der Waals surface area contributed by atoms with Crippen molar-refractivity contribution in [1.82, 2.24) is 0 Å². The Labute approximate surface area is 187 Å². The highest BCUT2D eigenvalue weighted by molar-refractivity contribution is 6.01. The first-order chi connectivity index (χ1) is 15.4. The van der Waals surface area contributed by atoms with Crippen LogP contribution in [-0.4, -0.2) is 22.2 Å². The van der Waals surface area contributed by atoms with Gasteiger partial charge in [0.1, 0.15) is 0 Å². The first kappa shape index (κ1) is 20.4. The maximum Gasteiger partial charge on any atom is 0.336 e. The highest BCUT2D eigenvalue weighted by Crippen LogP contribution is 2.60. The Morgan fingerprint density at radius 2 is 1.22 bits per heavy atom. The Morgan fingerprint density at radius 1 is 0.719 bits per heavy atom. The summed E-state index contributed by atoms with van der Waals surface area (Å²) >= 11 is 0. The third-order valence-corrected chi connectivity index (χ3v) is 7.49. The summed E-state index contributed by atoms with van der Waals surface area (Å²) in [6.07, 6.45) is 8.34. The largest absolute Gasteiger partial charge is 0.478 e. The van der Waals surface area contributed by atoms with E-state index >= 15 is 0 Å². The van der Waals surface area contributed by atoms with Gasteiger partial charge in [-0.25, -0.2) is 9.59 Å².